The largest absolute Gasteiger partial charge is 0.254 e. The van der Waals surface area contributed by atoms with Gasteiger partial charge in [0.25, 0.3) is 0 Å². The molecule has 2 heterocycles. The average Bonchev–Trinajstić information content (AvgIpc) is 3.58. The van der Waals surface area contributed by atoms with Crippen molar-refractivity contribution in [3.05, 3.63) is 180 Å². The Balaban J connectivity index is 1.20. The van der Waals surface area contributed by atoms with Crippen molar-refractivity contribution in [1.29, 1.82) is 0 Å². The molecule has 0 bridgehead atoms. The summed E-state index contributed by atoms with van der Waals surface area (Å²) in [5.41, 5.74) is 14.3. The molecule has 2 heteroatoms. The van der Waals surface area contributed by atoms with Crippen LogP contribution in [-0.4, -0.2) is 9.97 Å². The van der Waals surface area contributed by atoms with Crippen molar-refractivity contribution in [2.24, 2.45) is 0 Å². The molecule has 0 fully saturated rings. The fourth-order valence-electron chi connectivity index (χ4n) is 8.61. The van der Waals surface area contributed by atoms with Crippen LogP contribution in [0.4, 0.5) is 0 Å². The maximum atomic E-state index is 5.18. The number of rotatable bonds is 1. The molecule has 0 radical (unpaired) electrons. The Kier molecular flexibility index (Phi) is 4.80. The molecule has 2 aliphatic carbocycles. The fraction of sp³-hybridized carbons (Fsp3) is 0.0222. The second-order valence-corrected chi connectivity index (χ2v) is 13.0. The number of fused-ring (bicyclic) bond motifs is 15. The quantitative estimate of drug-likeness (QED) is 0.177. The van der Waals surface area contributed by atoms with Crippen molar-refractivity contribution in [3.8, 4) is 33.5 Å². The Labute approximate surface area is 271 Å². The molecule has 1 spiro atoms. The van der Waals surface area contributed by atoms with Crippen LogP contribution in [0.15, 0.2) is 158 Å². The standard InChI is InChI=1S/C45H26N2/c1-2-9-30-25-40-36(23-29(30)8-1)37-24-31-17-18-32(42-20-19-28-16-15-27-10-7-21-46-43(27)44(28)47-42)22-33(31)26-41(37)45(40)38-13-5-3-11-34(38)35-12-4-6-14-39(35)45/h1-26H. The van der Waals surface area contributed by atoms with Crippen LogP contribution >= 0.6 is 0 Å². The van der Waals surface area contributed by atoms with Crippen molar-refractivity contribution in [2.75, 3.05) is 0 Å². The number of hydrogen-bond acceptors (Lipinski definition) is 2. The van der Waals surface area contributed by atoms with Gasteiger partial charge in [0.05, 0.1) is 22.1 Å². The molecule has 0 saturated carbocycles. The van der Waals surface area contributed by atoms with Gasteiger partial charge in [-0.25, -0.2) is 4.98 Å². The zero-order valence-electron chi connectivity index (χ0n) is 25.4. The van der Waals surface area contributed by atoms with E-state index in [1.165, 1.54) is 66.1 Å². The molecule has 0 amide bonds. The molecular formula is C45H26N2. The lowest BCUT2D eigenvalue weighted by Gasteiger charge is -2.30. The lowest BCUT2D eigenvalue weighted by molar-refractivity contribution is 0.796. The van der Waals surface area contributed by atoms with Gasteiger partial charge in [-0.05, 0) is 109 Å². The van der Waals surface area contributed by atoms with E-state index in [0.717, 1.165) is 33.1 Å². The first-order valence-corrected chi connectivity index (χ1v) is 16.2. The number of hydrogen-bond donors (Lipinski definition) is 0. The summed E-state index contributed by atoms with van der Waals surface area (Å²) in [6.07, 6.45) is 1.85. The minimum absolute atomic E-state index is 0.391. The van der Waals surface area contributed by atoms with Gasteiger partial charge in [-0.15, -0.1) is 0 Å². The molecule has 0 aliphatic heterocycles. The first-order chi connectivity index (χ1) is 23.3. The molecular weight excluding hydrogens is 569 g/mol. The average molecular weight is 595 g/mol. The van der Waals surface area contributed by atoms with Crippen LogP contribution in [0.3, 0.4) is 0 Å². The van der Waals surface area contributed by atoms with Crippen LogP contribution in [0.2, 0.25) is 0 Å². The highest BCUT2D eigenvalue weighted by molar-refractivity contribution is 6.05. The van der Waals surface area contributed by atoms with Crippen molar-refractivity contribution in [1.82, 2.24) is 9.97 Å². The van der Waals surface area contributed by atoms with Gasteiger partial charge >= 0.3 is 0 Å². The Morgan fingerprint density at radius 2 is 0.915 bits per heavy atom. The van der Waals surface area contributed by atoms with E-state index in [1.54, 1.807) is 0 Å². The van der Waals surface area contributed by atoms with Gasteiger partial charge in [-0.2, -0.15) is 0 Å². The lowest BCUT2D eigenvalue weighted by atomic mass is 9.70. The van der Waals surface area contributed by atoms with E-state index in [9.17, 15) is 0 Å². The fourth-order valence-corrected chi connectivity index (χ4v) is 8.61. The molecule has 47 heavy (non-hydrogen) atoms. The Morgan fingerprint density at radius 1 is 0.362 bits per heavy atom. The van der Waals surface area contributed by atoms with Crippen LogP contribution in [0.1, 0.15) is 22.3 Å². The van der Waals surface area contributed by atoms with Crippen LogP contribution in [0, 0.1) is 0 Å². The number of nitrogens with zero attached hydrogens (tertiary/aromatic N) is 2. The van der Waals surface area contributed by atoms with Crippen LogP contribution < -0.4 is 0 Å². The molecule has 0 unspecified atom stereocenters. The summed E-state index contributed by atoms with van der Waals surface area (Å²) >= 11 is 0. The highest BCUT2D eigenvalue weighted by Gasteiger charge is 2.51. The summed E-state index contributed by atoms with van der Waals surface area (Å²) in [5.74, 6) is 0. The lowest BCUT2D eigenvalue weighted by Crippen LogP contribution is -2.25. The highest BCUT2D eigenvalue weighted by Crippen LogP contribution is 2.63. The van der Waals surface area contributed by atoms with Gasteiger partial charge in [-0.3, -0.25) is 4.98 Å². The van der Waals surface area contributed by atoms with Gasteiger partial charge in [-0.1, -0.05) is 109 Å². The van der Waals surface area contributed by atoms with E-state index in [0.29, 0.717) is 0 Å². The van der Waals surface area contributed by atoms with Crippen LogP contribution in [0.25, 0.3) is 76.9 Å². The minimum Gasteiger partial charge on any atom is -0.254 e. The number of pyridine rings is 2. The second-order valence-electron chi connectivity index (χ2n) is 13.0. The Morgan fingerprint density at radius 3 is 1.66 bits per heavy atom. The predicted octanol–water partition coefficient (Wildman–Crippen LogP) is 11.1. The van der Waals surface area contributed by atoms with Gasteiger partial charge in [0.15, 0.2) is 0 Å². The molecule has 216 valence electrons. The summed E-state index contributed by atoms with van der Waals surface area (Å²) in [6.45, 7) is 0. The first-order valence-electron chi connectivity index (χ1n) is 16.2. The number of benzene rings is 7. The second kappa shape index (κ2) is 8.99. The normalized spacial score (nSPS) is 13.7. The van der Waals surface area contributed by atoms with Crippen LogP contribution in [0.5, 0.6) is 0 Å². The molecule has 7 aromatic carbocycles. The third kappa shape index (κ3) is 3.24. The number of aromatic nitrogens is 2. The van der Waals surface area contributed by atoms with Crippen molar-refractivity contribution in [3.63, 3.8) is 0 Å². The zero-order chi connectivity index (χ0) is 30.7. The third-order valence-corrected chi connectivity index (χ3v) is 10.6. The zero-order valence-corrected chi connectivity index (χ0v) is 25.4. The van der Waals surface area contributed by atoms with E-state index in [1.807, 2.05) is 12.3 Å². The molecule has 11 rings (SSSR count). The molecule has 0 N–H and O–H groups in total. The maximum Gasteiger partial charge on any atom is 0.0972 e. The molecule has 0 saturated heterocycles. The molecule has 2 aliphatic rings. The van der Waals surface area contributed by atoms with Crippen molar-refractivity contribution in [2.45, 2.75) is 5.41 Å². The van der Waals surface area contributed by atoms with Gasteiger partial charge in [0, 0.05) is 22.5 Å². The summed E-state index contributed by atoms with van der Waals surface area (Å²) in [7, 11) is 0. The van der Waals surface area contributed by atoms with Gasteiger partial charge in [0.1, 0.15) is 0 Å². The third-order valence-electron chi connectivity index (χ3n) is 10.6. The molecule has 0 atom stereocenters. The highest BCUT2D eigenvalue weighted by atomic mass is 14.7. The molecule has 2 nitrogen and oxygen atoms in total. The van der Waals surface area contributed by atoms with E-state index in [-0.39, 0.29) is 0 Å². The Hall–Kier alpha value is -6.12. The monoisotopic (exact) mass is 594 g/mol. The summed E-state index contributed by atoms with van der Waals surface area (Å²) in [5, 5.41) is 7.21. The minimum atomic E-state index is -0.391. The first kappa shape index (κ1) is 25.1. The molecule has 2 aromatic heterocycles. The Bertz CT molecular complexity index is 2760. The summed E-state index contributed by atoms with van der Waals surface area (Å²) in [4.78, 5) is 9.87. The van der Waals surface area contributed by atoms with Crippen LogP contribution in [-0.2, 0) is 5.41 Å². The topological polar surface area (TPSA) is 25.8 Å². The molecule has 9 aromatic rings. The summed E-state index contributed by atoms with van der Waals surface area (Å²) in [6, 6.07) is 56.0. The van der Waals surface area contributed by atoms with Crippen molar-refractivity contribution >= 4 is 43.4 Å². The van der Waals surface area contributed by atoms with Crippen molar-refractivity contribution < 1.29 is 0 Å². The smallest absolute Gasteiger partial charge is 0.0972 e. The van der Waals surface area contributed by atoms with E-state index in [2.05, 4.69) is 151 Å². The van der Waals surface area contributed by atoms with E-state index in [4.69, 9.17) is 4.98 Å². The summed E-state index contributed by atoms with van der Waals surface area (Å²) < 4.78 is 0. The van der Waals surface area contributed by atoms with E-state index >= 15 is 0 Å². The van der Waals surface area contributed by atoms with E-state index < -0.39 is 5.41 Å². The predicted molar refractivity (Wildman–Crippen MR) is 194 cm³/mol. The maximum absolute atomic E-state index is 5.18. The van der Waals surface area contributed by atoms with Gasteiger partial charge < -0.3 is 0 Å². The van der Waals surface area contributed by atoms with Gasteiger partial charge in [0.2, 0.25) is 0 Å². The SMILES string of the molecule is c1ccc2c(c1)-c1ccccc1C21c2cc3ccccc3cc2-c2cc3ccc(-c4ccc5ccc6cccnc6c5n4)cc3cc21.